The molecule has 30 heavy (non-hydrogen) atoms. The Balaban J connectivity index is 1.42. The van der Waals surface area contributed by atoms with Gasteiger partial charge in [-0.05, 0) is 24.3 Å². The van der Waals surface area contributed by atoms with Gasteiger partial charge in [0, 0.05) is 23.8 Å². The third-order valence-corrected chi connectivity index (χ3v) is 5.43. The molecule has 1 amide bonds. The van der Waals surface area contributed by atoms with Crippen LogP contribution in [0, 0.1) is 0 Å². The highest BCUT2D eigenvalue weighted by atomic mass is 32.1. The molecule has 0 fully saturated rings. The second-order valence-corrected chi connectivity index (χ2v) is 7.40. The third-order valence-electron chi connectivity index (χ3n) is 4.49. The monoisotopic (exact) mass is 421 g/mol. The molecule has 0 N–H and O–H groups in total. The van der Waals surface area contributed by atoms with Gasteiger partial charge in [-0.25, -0.2) is 14.8 Å². The molecule has 0 unspecified atom stereocenters. The van der Waals surface area contributed by atoms with Crippen LogP contribution in [0.15, 0.2) is 65.1 Å². The van der Waals surface area contributed by atoms with Gasteiger partial charge in [-0.1, -0.05) is 30.3 Å². The van der Waals surface area contributed by atoms with Gasteiger partial charge in [0.05, 0.1) is 18.5 Å². The molecular weight excluding hydrogens is 402 g/mol. The summed E-state index contributed by atoms with van der Waals surface area (Å²) in [5.74, 6) is 0.0584. The Kier molecular flexibility index (Phi) is 5.85. The van der Waals surface area contributed by atoms with Crippen LogP contribution in [-0.4, -0.2) is 29.7 Å². The van der Waals surface area contributed by atoms with Crippen molar-refractivity contribution in [2.45, 2.75) is 19.4 Å². The maximum atomic E-state index is 12.5. The summed E-state index contributed by atoms with van der Waals surface area (Å²) in [5, 5.41) is 8.13. The van der Waals surface area contributed by atoms with Crippen molar-refractivity contribution < 1.29 is 19.1 Å². The van der Waals surface area contributed by atoms with E-state index in [0.717, 1.165) is 16.3 Å². The molecule has 0 spiro atoms. The minimum absolute atomic E-state index is 0.0393. The van der Waals surface area contributed by atoms with Gasteiger partial charge in [0.25, 0.3) is 0 Å². The number of carbonyl (C=O) groups is 2. The van der Waals surface area contributed by atoms with E-state index in [0.29, 0.717) is 11.4 Å². The van der Waals surface area contributed by atoms with Gasteiger partial charge >= 0.3 is 5.97 Å². The molecule has 0 atom stereocenters. The van der Waals surface area contributed by atoms with Crippen molar-refractivity contribution in [3.8, 4) is 16.3 Å². The zero-order valence-electron chi connectivity index (χ0n) is 16.3. The molecule has 1 aliphatic heterocycles. The SMILES string of the molecule is COc1cccc(-c2nc(COC(=O)C3=NN(c4ccccc4)C(=O)CC3)cs2)c1. The molecule has 0 saturated carbocycles. The number of hydrogen-bond acceptors (Lipinski definition) is 7. The number of thiazole rings is 1. The Hall–Kier alpha value is -3.52. The molecule has 3 aromatic rings. The molecule has 7 nitrogen and oxygen atoms in total. The van der Waals surface area contributed by atoms with Gasteiger partial charge < -0.3 is 9.47 Å². The molecule has 4 rings (SSSR count). The first-order valence-corrected chi connectivity index (χ1v) is 10.2. The Bertz CT molecular complexity index is 1090. The molecular formula is C22H19N3O4S. The lowest BCUT2D eigenvalue weighted by Crippen LogP contribution is -2.34. The number of ether oxygens (including phenoxy) is 2. The molecule has 0 aliphatic carbocycles. The standard InChI is InChI=1S/C22H19N3O4S/c1-28-18-9-5-6-15(12-18)21-23-16(14-30-21)13-29-22(27)19-10-11-20(26)25(24-19)17-7-3-2-4-8-17/h2-9,12,14H,10-11,13H2,1H3. The Morgan fingerprint density at radius 2 is 1.97 bits per heavy atom. The second kappa shape index (κ2) is 8.87. The highest BCUT2D eigenvalue weighted by Gasteiger charge is 2.26. The Morgan fingerprint density at radius 3 is 2.77 bits per heavy atom. The van der Waals surface area contributed by atoms with Crippen molar-refractivity contribution in [2.24, 2.45) is 5.10 Å². The molecule has 0 bridgehead atoms. The number of nitrogens with zero attached hydrogens (tertiary/aromatic N) is 3. The summed E-state index contributed by atoms with van der Waals surface area (Å²) in [6.07, 6.45) is 0.465. The molecule has 1 aromatic heterocycles. The van der Waals surface area contributed by atoms with Crippen LogP contribution in [0.5, 0.6) is 5.75 Å². The van der Waals surface area contributed by atoms with Crippen LogP contribution in [0.1, 0.15) is 18.5 Å². The van der Waals surface area contributed by atoms with Crippen LogP contribution in [0.4, 0.5) is 5.69 Å². The van der Waals surface area contributed by atoms with Gasteiger partial charge in [-0.15, -0.1) is 11.3 Å². The number of para-hydroxylation sites is 1. The fraction of sp³-hybridized carbons (Fsp3) is 0.182. The molecule has 1 aliphatic rings. The van der Waals surface area contributed by atoms with Gasteiger partial charge in [-0.3, -0.25) is 4.79 Å². The van der Waals surface area contributed by atoms with Crippen molar-refractivity contribution >= 4 is 34.6 Å². The van der Waals surface area contributed by atoms with Crippen LogP contribution in [0.3, 0.4) is 0 Å². The summed E-state index contributed by atoms with van der Waals surface area (Å²) >= 11 is 1.47. The van der Waals surface area contributed by atoms with Gasteiger partial charge in [-0.2, -0.15) is 5.10 Å². The predicted molar refractivity (Wildman–Crippen MR) is 114 cm³/mol. The summed E-state index contributed by atoms with van der Waals surface area (Å²) in [4.78, 5) is 29.2. The number of aromatic nitrogens is 1. The molecule has 2 heterocycles. The quantitative estimate of drug-likeness (QED) is 0.561. The highest BCUT2D eigenvalue weighted by molar-refractivity contribution is 7.13. The first kappa shape index (κ1) is 19.8. The van der Waals surface area contributed by atoms with Crippen molar-refractivity contribution in [2.75, 3.05) is 12.1 Å². The van der Waals surface area contributed by atoms with Gasteiger partial charge in [0.2, 0.25) is 5.91 Å². The normalized spacial score (nSPS) is 13.7. The van der Waals surface area contributed by atoms with Gasteiger partial charge in [0.1, 0.15) is 23.1 Å². The van der Waals surface area contributed by atoms with Crippen molar-refractivity contribution in [1.82, 2.24) is 4.98 Å². The maximum absolute atomic E-state index is 12.5. The summed E-state index contributed by atoms with van der Waals surface area (Å²) in [7, 11) is 1.62. The minimum atomic E-state index is -0.542. The van der Waals surface area contributed by atoms with E-state index in [4.69, 9.17) is 9.47 Å². The summed E-state index contributed by atoms with van der Waals surface area (Å²) in [5.41, 5.74) is 2.43. The van der Waals surface area contributed by atoms with E-state index in [1.54, 1.807) is 19.2 Å². The van der Waals surface area contributed by atoms with Crippen molar-refractivity contribution in [3.05, 3.63) is 65.7 Å². The molecule has 0 saturated heterocycles. The second-order valence-electron chi connectivity index (χ2n) is 6.54. The first-order chi connectivity index (χ1) is 14.6. The molecule has 2 aromatic carbocycles. The fourth-order valence-corrected chi connectivity index (χ4v) is 3.76. The number of esters is 1. The zero-order chi connectivity index (χ0) is 20.9. The first-order valence-electron chi connectivity index (χ1n) is 9.35. The lowest BCUT2D eigenvalue weighted by atomic mass is 10.1. The van der Waals surface area contributed by atoms with Gasteiger partial charge in [0.15, 0.2) is 0 Å². The van der Waals surface area contributed by atoms with Crippen LogP contribution in [0.2, 0.25) is 0 Å². The summed E-state index contributed by atoms with van der Waals surface area (Å²) in [6.45, 7) is 0.0393. The van der Waals surface area contributed by atoms with Crippen LogP contribution in [0.25, 0.3) is 10.6 Å². The largest absolute Gasteiger partial charge is 0.497 e. The number of rotatable bonds is 6. The lowest BCUT2D eigenvalue weighted by molar-refractivity contribution is -0.137. The van der Waals surface area contributed by atoms with Crippen LogP contribution < -0.4 is 9.75 Å². The molecule has 152 valence electrons. The van der Waals surface area contributed by atoms with E-state index in [2.05, 4.69) is 10.1 Å². The molecule has 0 radical (unpaired) electrons. The number of methoxy groups -OCH3 is 1. The summed E-state index contributed by atoms with van der Waals surface area (Å²) in [6, 6.07) is 16.6. The number of hydrogen-bond donors (Lipinski definition) is 0. The average Bonchev–Trinajstić information content (AvgIpc) is 3.27. The van der Waals surface area contributed by atoms with Crippen molar-refractivity contribution in [1.29, 1.82) is 0 Å². The molecule has 8 heteroatoms. The average molecular weight is 421 g/mol. The highest BCUT2D eigenvalue weighted by Crippen LogP contribution is 2.27. The Morgan fingerprint density at radius 1 is 1.13 bits per heavy atom. The number of benzene rings is 2. The van der Waals surface area contributed by atoms with E-state index >= 15 is 0 Å². The van der Waals surface area contributed by atoms with Crippen LogP contribution in [-0.2, 0) is 20.9 Å². The third kappa shape index (κ3) is 4.38. The number of amides is 1. The van der Waals surface area contributed by atoms with E-state index in [1.165, 1.54) is 16.3 Å². The smallest absolute Gasteiger partial charge is 0.354 e. The fourth-order valence-electron chi connectivity index (χ4n) is 2.96. The predicted octanol–water partition coefficient (Wildman–Crippen LogP) is 4.04. The number of carbonyl (C=O) groups excluding carboxylic acids is 2. The van der Waals surface area contributed by atoms with E-state index in [9.17, 15) is 9.59 Å². The Labute approximate surface area is 177 Å². The minimum Gasteiger partial charge on any atom is -0.497 e. The topological polar surface area (TPSA) is 81.1 Å². The number of hydrazone groups is 1. The van der Waals surface area contributed by atoms with E-state index < -0.39 is 5.97 Å². The maximum Gasteiger partial charge on any atom is 0.354 e. The van der Waals surface area contributed by atoms with Crippen molar-refractivity contribution in [3.63, 3.8) is 0 Å². The lowest BCUT2D eigenvalue weighted by Gasteiger charge is -2.22. The number of anilines is 1. The summed E-state index contributed by atoms with van der Waals surface area (Å²) < 4.78 is 10.6. The van der Waals surface area contributed by atoms with Crippen LogP contribution >= 0.6 is 11.3 Å². The zero-order valence-corrected chi connectivity index (χ0v) is 17.1. The van der Waals surface area contributed by atoms with E-state index in [-0.39, 0.29) is 31.1 Å². The van der Waals surface area contributed by atoms with E-state index in [1.807, 2.05) is 47.8 Å².